The molecule has 1 aromatic heterocycles. The van der Waals surface area contributed by atoms with Gasteiger partial charge in [0.25, 0.3) is 0 Å². The Labute approximate surface area is 338 Å². The van der Waals surface area contributed by atoms with Crippen LogP contribution in [0.3, 0.4) is 0 Å². The summed E-state index contributed by atoms with van der Waals surface area (Å²) in [6.07, 6.45) is 15.4. The lowest BCUT2D eigenvalue weighted by Gasteiger charge is -2.57. The van der Waals surface area contributed by atoms with Crippen molar-refractivity contribution in [3.8, 4) is 16.8 Å². The summed E-state index contributed by atoms with van der Waals surface area (Å²) >= 11 is 0. The van der Waals surface area contributed by atoms with Gasteiger partial charge in [-0.05, 0) is 168 Å². The van der Waals surface area contributed by atoms with Crippen molar-refractivity contribution in [3.63, 3.8) is 0 Å². The minimum atomic E-state index is -0.208. The zero-order chi connectivity index (χ0) is 37.9. The molecule has 0 aliphatic heterocycles. The van der Waals surface area contributed by atoms with Gasteiger partial charge in [-0.2, -0.15) is 0 Å². The molecular formula is C55H54N2. The number of hydrogen-bond donors (Lipinski definition) is 0. The molecule has 2 nitrogen and oxygen atoms in total. The minimum absolute atomic E-state index is 0.208. The van der Waals surface area contributed by atoms with Crippen molar-refractivity contribution >= 4 is 38.9 Å². The first-order chi connectivity index (χ1) is 27.9. The van der Waals surface area contributed by atoms with Gasteiger partial charge in [-0.25, -0.2) is 0 Å². The molecule has 284 valence electrons. The van der Waals surface area contributed by atoms with Gasteiger partial charge in [-0.1, -0.05) is 112 Å². The molecule has 0 spiro atoms. The third-order valence-electron chi connectivity index (χ3n) is 15.7. The highest BCUT2D eigenvalue weighted by atomic mass is 15.1. The molecule has 7 aromatic rings. The van der Waals surface area contributed by atoms with Gasteiger partial charge in [-0.3, -0.25) is 0 Å². The van der Waals surface area contributed by atoms with E-state index in [-0.39, 0.29) is 5.41 Å². The van der Waals surface area contributed by atoms with Crippen LogP contribution in [-0.2, 0) is 10.8 Å². The van der Waals surface area contributed by atoms with Gasteiger partial charge < -0.3 is 9.47 Å². The van der Waals surface area contributed by atoms with E-state index in [1.807, 2.05) is 0 Å². The Hall–Kier alpha value is -5.08. The predicted octanol–water partition coefficient (Wildman–Crippen LogP) is 15.1. The standard InChI is InChI=1S/C55H54N2/c1-54(2)50-32-45(25-26-46(50)48-27-28-49-47-15-9-10-16-51(47)57(53(49)52(48)54)42-13-7-4-8-14-42)56(43-21-17-40(18-22-43)39-11-5-3-6-12-39)44-23-19-41(20-24-44)55-33-36-29-37(34-55)31-38(30-36)35-55/h4,7-10,13-28,32,36-39H,3,5-6,11-12,29-31,33-35H2,1-2H3. The maximum absolute atomic E-state index is 2.55. The van der Waals surface area contributed by atoms with Crippen molar-refractivity contribution < 1.29 is 0 Å². The second-order valence-corrected chi connectivity index (χ2v) is 19.4. The molecule has 6 aromatic carbocycles. The van der Waals surface area contributed by atoms with Crippen molar-refractivity contribution in [2.45, 2.75) is 101 Å². The summed E-state index contributed by atoms with van der Waals surface area (Å²) in [5.41, 5.74) is 16.4. The molecule has 13 rings (SSSR count). The van der Waals surface area contributed by atoms with Gasteiger partial charge in [0.05, 0.1) is 11.0 Å². The maximum Gasteiger partial charge on any atom is 0.0588 e. The molecule has 5 fully saturated rings. The van der Waals surface area contributed by atoms with Gasteiger partial charge in [0.1, 0.15) is 0 Å². The average Bonchev–Trinajstić information content (AvgIpc) is 3.69. The average molecular weight is 743 g/mol. The van der Waals surface area contributed by atoms with Crippen LogP contribution in [0.1, 0.15) is 113 Å². The minimum Gasteiger partial charge on any atom is -0.310 e. The predicted molar refractivity (Wildman–Crippen MR) is 239 cm³/mol. The van der Waals surface area contributed by atoms with Crippen molar-refractivity contribution in [2.75, 3.05) is 4.90 Å². The van der Waals surface area contributed by atoms with Crippen LogP contribution in [0, 0.1) is 17.8 Å². The van der Waals surface area contributed by atoms with E-state index in [1.165, 1.54) is 143 Å². The Morgan fingerprint density at radius 3 is 1.88 bits per heavy atom. The highest BCUT2D eigenvalue weighted by molar-refractivity contribution is 6.13. The van der Waals surface area contributed by atoms with E-state index in [2.05, 4.69) is 157 Å². The number of para-hydroxylation sites is 2. The summed E-state index contributed by atoms with van der Waals surface area (Å²) in [4.78, 5) is 2.55. The summed E-state index contributed by atoms with van der Waals surface area (Å²) in [6, 6.07) is 51.7. The Balaban J connectivity index is 0.985. The first-order valence-electron chi connectivity index (χ1n) is 22.2. The number of hydrogen-bond acceptors (Lipinski definition) is 1. The molecule has 0 amide bonds. The highest BCUT2D eigenvalue weighted by Crippen LogP contribution is 2.61. The Morgan fingerprint density at radius 2 is 1.18 bits per heavy atom. The van der Waals surface area contributed by atoms with Crippen LogP contribution in [0.2, 0.25) is 0 Å². The number of benzene rings is 6. The van der Waals surface area contributed by atoms with E-state index in [4.69, 9.17) is 0 Å². The number of anilines is 3. The molecule has 0 radical (unpaired) electrons. The molecule has 0 unspecified atom stereocenters. The number of rotatable bonds is 6. The van der Waals surface area contributed by atoms with Crippen LogP contribution in [0.25, 0.3) is 38.6 Å². The monoisotopic (exact) mass is 742 g/mol. The van der Waals surface area contributed by atoms with Crippen molar-refractivity contribution in [2.24, 2.45) is 17.8 Å². The highest BCUT2D eigenvalue weighted by Gasteiger charge is 2.51. The van der Waals surface area contributed by atoms with Crippen LogP contribution >= 0.6 is 0 Å². The smallest absolute Gasteiger partial charge is 0.0588 e. The van der Waals surface area contributed by atoms with Gasteiger partial charge in [0.2, 0.25) is 0 Å². The molecule has 0 atom stereocenters. The van der Waals surface area contributed by atoms with E-state index in [1.54, 1.807) is 5.56 Å². The summed E-state index contributed by atoms with van der Waals surface area (Å²) < 4.78 is 2.52. The summed E-state index contributed by atoms with van der Waals surface area (Å²) in [5.74, 6) is 3.54. The lowest BCUT2D eigenvalue weighted by Crippen LogP contribution is -2.48. The van der Waals surface area contributed by atoms with Crippen molar-refractivity contribution in [1.29, 1.82) is 0 Å². The van der Waals surface area contributed by atoms with Crippen LogP contribution in [0.4, 0.5) is 17.1 Å². The van der Waals surface area contributed by atoms with E-state index in [0.29, 0.717) is 11.3 Å². The van der Waals surface area contributed by atoms with E-state index in [9.17, 15) is 0 Å². The third-order valence-corrected chi connectivity index (χ3v) is 15.7. The van der Waals surface area contributed by atoms with Crippen LogP contribution in [-0.4, -0.2) is 4.57 Å². The second-order valence-electron chi connectivity index (χ2n) is 19.4. The summed E-state index contributed by atoms with van der Waals surface area (Å²) in [7, 11) is 0. The number of fused-ring (bicyclic) bond motifs is 7. The zero-order valence-corrected chi connectivity index (χ0v) is 33.7. The third kappa shape index (κ3) is 5.21. The van der Waals surface area contributed by atoms with Gasteiger partial charge >= 0.3 is 0 Å². The van der Waals surface area contributed by atoms with E-state index >= 15 is 0 Å². The van der Waals surface area contributed by atoms with Gasteiger partial charge in [0.15, 0.2) is 0 Å². The summed E-state index contributed by atoms with van der Waals surface area (Å²) in [5, 5.41) is 2.64. The number of aromatic nitrogens is 1. The topological polar surface area (TPSA) is 8.17 Å². The molecule has 2 heteroatoms. The number of nitrogens with zero attached hydrogens (tertiary/aromatic N) is 2. The Bertz CT molecular complexity index is 2620. The quantitative estimate of drug-likeness (QED) is 0.165. The molecule has 5 saturated carbocycles. The van der Waals surface area contributed by atoms with Crippen LogP contribution < -0.4 is 4.90 Å². The fraction of sp³-hybridized carbons (Fsp3) is 0.345. The van der Waals surface area contributed by atoms with Gasteiger partial charge in [-0.15, -0.1) is 0 Å². The Kier molecular flexibility index (Phi) is 7.58. The first-order valence-corrected chi connectivity index (χ1v) is 22.2. The van der Waals surface area contributed by atoms with E-state index < -0.39 is 0 Å². The van der Waals surface area contributed by atoms with E-state index in [0.717, 1.165) is 17.8 Å². The fourth-order valence-electron chi connectivity index (χ4n) is 13.5. The van der Waals surface area contributed by atoms with Crippen molar-refractivity contribution in [3.05, 3.63) is 156 Å². The lowest BCUT2D eigenvalue weighted by molar-refractivity contribution is -0.00518. The first kappa shape index (κ1) is 34.0. The van der Waals surface area contributed by atoms with Gasteiger partial charge in [0, 0.05) is 38.9 Å². The molecule has 6 aliphatic rings. The molecule has 57 heavy (non-hydrogen) atoms. The zero-order valence-electron chi connectivity index (χ0n) is 33.7. The summed E-state index contributed by atoms with van der Waals surface area (Å²) in [6.45, 7) is 4.91. The maximum atomic E-state index is 2.55. The molecule has 4 bridgehead atoms. The largest absolute Gasteiger partial charge is 0.310 e. The molecule has 0 N–H and O–H groups in total. The fourth-order valence-corrected chi connectivity index (χ4v) is 13.5. The molecule has 0 saturated heterocycles. The Morgan fingerprint density at radius 1 is 0.561 bits per heavy atom. The SMILES string of the molecule is CC1(C)c2cc(N(c3ccc(C4CCCCC4)cc3)c3ccc(C45CC6CC(CC(C6)C4)C5)cc3)ccc2-c2ccc3c4ccccc4n(-c4ccccc4)c3c21. The normalized spacial score (nSPS) is 24.6. The molecule has 6 aliphatic carbocycles. The second kappa shape index (κ2) is 12.7. The van der Waals surface area contributed by atoms with Crippen LogP contribution in [0.15, 0.2) is 133 Å². The van der Waals surface area contributed by atoms with Crippen molar-refractivity contribution in [1.82, 2.24) is 4.57 Å². The molecule has 1 heterocycles. The lowest BCUT2D eigenvalue weighted by atomic mass is 9.48. The molecular weight excluding hydrogens is 689 g/mol. The van der Waals surface area contributed by atoms with Crippen LogP contribution in [0.5, 0.6) is 0 Å².